The van der Waals surface area contributed by atoms with Crippen molar-refractivity contribution in [1.82, 2.24) is 4.98 Å². The van der Waals surface area contributed by atoms with E-state index < -0.39 is 5.91 Å². The zero-order chi connectivity index (χ0) is 13.2. The maximum Gasteiger partial charge on any atom is 0.249 e. The predicted molar refractivity (Wildman–Crippen MR) is 72.9 cm³/mol. The number of carbonyl (C=O) groups excluding carboxylic acids is 1. The van der Waals surface area contributed by atoms with E-state index in [4.69, 9.17) is 10.5 Å². The monoisotopic (exact) mass is 256 g/mol. The number of carbonyl (C=O) groups is 1. The summed E-state index contributed by atoms with van der Waals surface area (Å²) in [6, 6.07) is 7.72. The molecular weight excluding hydrogens is 240 g/mol. The van der Waals surface area contributed by atoms with Crippen LogP contribution in [0.2, 0.25) is 0 Å². The molecule has 1 aromatic carbocycles. The Bertz CT molecular complexity index is 619. The smallest absolute Gasteiger partial charge is 0.249 e. The van der Waals surface area contributed by atoms with Crippen LogP contribution in [0.15, 0.2) is 30.5 Å². The summed E-state index contributed by atoms with van der Waals surface area (Å²) < 4.78 is 5.39. The Morgan fingerprint density at radius 3 is 3.05 bits per heavy atom. The fourth-order valence-electron chi connectivity index (χ4n) is 2.61. The highest BCUT2D eigenvalue weighted by atomic mass is 16.5. The molecule has 2 aromatic rings. The number of aromatic nitrogens is 1. The van der Waals surface area contributed by atoms with Crippen molar-refractivity contribution in [2.45, 2.75) is 12.8 Å². The van der Waals surface area contributed by atoms with Crippen molar-refractivity contribution in [1.29, 1.82) is 0 Å². The van der Waals surface area contributed by atoms with E-state index >= 15 is 0 Å². The van der Waals surface area contributed by atoms with Gasteiger partial charge in [0.2, 0.25) is 5.91 Å². The highest BCUT2D eigenvalue weighted by Gasteiger charge is 2.16. The molecule has 1 atom stereocenters. The predicted octanol–water partition coefficient (Wildman–Crippen LogP) is 1.91. The van der Waals surface area contributed by atoms with Crippen LogP contribution in [-0.4, -0.2) is 24.1 Å². The van der Waals surface area contributed by atoms with Gasteiger partial charge in [0.25, 0.3) is 0 Å². The lowest BCUT2D eigenvalue weighted by atomic mass is 9.96. The van der Waals surface area contributed by atoms with Crippen molar-refractivity contribution in [3.05, 3.63) is 41.6 Å². The Kier molecular flexibility index (Phi) is 3.17. The minimum absolute atomic E-state index is 0.409. The second kappa shape index (κ2) is 4.97. The largest absolute Gasteiger partial charge is 0.381 e. The van der Waals surface area contributed by atoms with E-state index in [0.717, 1.165) is 37.0 Å². The van der Waals surface area contributed by atoms with Crippen LogP contribution in [0.1, 0.15) is 22.3 Å². The lowest BCUT2D eigenvalue weighted by molar-refractivity contribution is 0.100. The van der Waals surface area contributed by atoms with Gasteiger partial charge in [0.15, 0.2) is 0 Å². The number of nitrogens with zero attached hydrogens (tertiary/aromatic N) is 1. The minimum Gasteiger partial charge on any atom is -0.381 e. The summed E-state index contributed by atoms with van der Waals surface area (Å²) in [5.41, 5.74) is 7.96. The van der Waals surface area contributed by atoms with Crippen molar-refractivity contribution in [2.24, 2.45) is 11.7 Å². The third-order valence-corrected chi connectivity index (χ3v) is 3.62. The minimum atomic E-state index is -0.409. The molecule has 1 aromatic heterocycles. The third-order valence-electron chi connectivity index (χ3n) is 3.62. The Morgan fingerprint density at radius 2 is 2.32 bits per heavy atom. The lowest BCUT2D eigenvalue weighted by Crippen LogP contribution is -2.12. The van der Waals surface area contributed by atoms with Crippen LogP contribution < -0.4 is 5.73 Å². The van der Waals surface area contributed by atoms with E-state index in [9.17, 15) is 4.79 Å². The van der Waals surface area contributed by atoms with Gasteiger partial charge in [0.05, 0.1) is 11.1 Å². The molecule has 1 amide bonds. The molecule has 4 nitrogen and oxygen atoms in total. The molecule has 1 saturated heterocycles. The summed E-state index contributed by atoms with van der Waals surface area (Å²) in [6.07, 6.45) is 3.70. The zero-order valence-corrected chi connectivity index (χ0v) is 10.6. The molecule has 1 unspecified atom stereocenters. The molecule has 4 heteroatoms. The average Bonchev–Trinajstić information content (AvgIpc) is 2.90. The van der Waals surface area contributed by atoms with Crippen LogP contribution >= 0.6 is 0 Å². The molecule has 0 radical (unpaired) electrons. The fraction of sp³-hybridized carbons (Fsp3) is 0.333. The Labute approximate surface area is 111 Å². The molecule has 19 heavy (non-hydrogen) atoms. The van der Waals surface area contributed by atoms with Crippen LogP contribution in [0.25, 0.3) is 10.9 Å². The summed E-state index contributed by atoms with van der Waals surface area (Å²) in [5, 5.41) is 0.839. The van der Waals surface area contributed by atoms with Gasteiger partial charge in [-0.1, -0.05) is 6.07 Å². The van der Waals surface area contributed by atoms with Crippen molar-refractivity contribution in [3.63, 3.8) is 0 Å². The maximum atomic E-state index is 11.4. The van der Waals surface area contributed by atoms with Gasteiger partial charge >= 0.3 is 0 Å². The highest BCUT2D eigenvalue weighted by Crippen LogP contribution is 2.23. The number of nitrogens with two attached hydrogens (primary N) is 1. The standard InChI is InChI=1S/C15H16N2O2/c16-15(18)12-3-5-17-14-2-1-10(8-13(12)14)7-11-4-6-19-9-11/h1-3,5,8,11H,4,6-7,9H2,(H2,16,18). The summed E-state index contributed by atoms with van der Waals surface area (Å²) in [7, 11) is 0. The number of amides is 1. The van der Waals surface area contributed by atoms with Gasteiger partial charge in [-0.05, 0) is 42.5 Å². The van der Waals surface area contributed by atoms with Crippen molar-refractivity contribution >= 4 is 16.8 Å². The first-order chi connectivity index (χ1) is 9.24. The molecule has 0 spiro atoms. The van der Waals surface area contributed by atoms with Crippen LogP contribution in [0.4, 0.5) is 0 Å². The fourth-order valence-corrected chi connectivity index (χ4v) is 2.61. The van der Waals surface area contributed by atoms with E-state index in [-0.39, 0.29) is 0 Å². The normalized spacial score (nSPS) is 18.8. The molecule has 0 aliphatic carbocycles. The van der Waals surface area contributed by atoms with Crippen LogP contribution in [0.3, 0.4) is 0 Å². The highest BCUT2D eigenvalue weighted by molar-refractivity contribution is 6.05. The molecule has 1 fully saturated rings. The van der Waals surface area contributed by atoms with Crippen LogP contribution in [0, 0.1) is 5.92 Å². The number of fused-ring (bicyclic) bond motifs is 1. The van der Waals surface area contributed by atoms with E-state index in [1.54, 1.807) is 12.3 Å². The molecule has 2 N–H and O–H groups in total. The van der Waals surface area contributed by atoms with E-state index in [2.05, 4.69) is 11.1 Å². The van der Waals surface area contributed by atoms with Gasteiger partial charge in [0, 0.05) is 24.8 Å². The number of hydrogen-bond donors (Lipinski definition) is 1. The SMILES string of the molecule is NC(=O)c1ccnc2ccc(CC3CCOC3)cc12. The number of pyridine rings is 1. The Hall–Kier alpha value is -1.94. The van der Waals surface area contributed by atoms with Crippen LogP contribution in [-0.2, 0) is 11.2 Å². The first-order valence-corrected chi connectivity index (χ1v) is 6.49. The van der Waals surface area contributed by atoms with E-state index in [0.29, 0.717) is 11.5 Å². The quantitative estimate of drug-likeness (QED) is 0.912. The topological polar surface area (TPSA) is 65.2 Å². The Morgan fingerprint density at radius 1 is 1.42 bits per heavy atom. The maximum absolute atomic E-state index is 11.4. The van der Waals surface area contributed by atoms with Gasteiger partial charge in [-0.25, -0.2) is 0 Å². The summed E-state index contributed by atoms with van der Waals surface area (Å²) >= 11 is 0. The zero-order valence-electron chi connectivity index (χ0n) is 10.6. The first kappa shape index (κ1) is 12.1. The number of ether oxygens (including phenoxy) is 1. The lowest BCUT2D eigenvalue weighted by Gasteiger charge is -2.09. The molecule has 2 heterocycles. The van der Waals surface area contributed by atoms with Gasteiger partial charge in [-0.3, -0.25) is 9.78 Å². The molecule has 98 valence electrons. The number of benzene rings is 1. The summed E-state index contributed by atoms with van der Waals surface area (Å²) in [6.45, 7) is 1.68. The molecule has 3 rings (SSSR count). The van der Waals surface area contributed by atoms with Gasteiger partial charge in [-0.2, -0.15) is 0 Å². The molecule has 0 bridgehead atoms. The molecule has 1 aliphatic heterocycles. The third kappa shape index (κ3) is 2.44. The van der Waals surface area contributed by atoms with E-state index in [1.807, 2.05) is 12.1 Å². The second-order valence-electron chi connectivity index (χ2n) is 5.01. The molecule has 1 aliphatic rings. The molecular formula is C15H16N2O2. The second-order valence-corrected chi connectivity index (χ2v) is 5.01. The van der Waals surface area contributed by atoms with Gasteiger partial charge in [0.1, 0.15) is 0 Å². The van der Waals surface area contributed by atoms with Gasteiger partial charge < -0.3 is 10.5 Å². The number of hydrogen-bond acceptors (Lipinski definition) is 3. The van der Waals surface area contributed by atoms with Gasteiger partial charge in [-0.15, -0.1) is 0 Å². The van der Waals surface area contributed by atoms with Crippen molar-refractivity contribution in [2.75, 3.05) is 13.2 Å². The van der Waals surface area contributed by atoms with Crippen molar-refractivity contribution < 1.29 is 9.53 Å². The first-order valence-electron chi connectivity index (χ1n) is 6.49. The summed E-state index contributed by atoms with van der Waals surface area (Å²) in [4.78, 5) is 15.7. The van der Waals surface area contributed by atoms with Crippen molar-refractivity contribution in [3.8, 4) is 0 Å². The average molecular weight is 256 g/mol. The summed E-state index contributed by atoms with van der Waals surface area (Å²) in [5.74, 6) is 0.167. The number of primary amides is 1. The van der Waals surface area contributed by atoms with E-state index in [1.165, 1.54) is 5.56 Å². The molecule has 0 saturated carbocycles. The van der Waals surface area contributed by atoms with Crippen LogP contribution in [0.5, 0.6) is 0 Å². The Balaban J connectivity index is 1.98. The number of rotatable bonds is 3.